The lowest BCUT2D eigenvalue weighted by atomic mass is 10.2. The molecule has 0 fully saturated rings. The first-order chi connectivity index (χ1) is 12.6. The molecule has 8 heteroatoms. The van der Waals surface area contributed by atoms with Gasteiger partial charge in [-0.1, -0.05) is 12.1 Å². The van der Waals surface area contributed by atoms with E-state index in [0.29, 0.717) is 43.3 Å². The van der Waals surface area contributed by atoms with E-state index < -0.39 is 5.97 Å². The molecule has 1 heterocycles. The van der Waals surface area contributed by atoms with E-state index in [1.165, 1.54) is 11.3 Å². The van der Waals surface area contributed by atoms with Crippen LogP contribution in [0.25, 0.3) is 0 Å². The number of methoxy groups -OCH3 is 1. The van der Waals surface area contributed by atoms with Crippen LogP contribution in [0.2, 0.25) is 0 Å². The number of benzene rings is 1. The Kier molecular flexibility index (Phi) is 8.21. The quantitative estimate of drug-likeness (QED) is 0.438. The summed E-state index contributed by atoms with van der Waals surface area (Å²) in [5.74, 6) is -0.542. The second-order valence-corrected chi connectivity index (χ2v) is 7.20. The molecule has 0 saturated carbocycles. The summed E-state index contributed by atoms with van der Waals surface area (Å²) in [6.45, 7) is 3.47. The Bertz CT molecular complexity index is 750. The highest BCUT2D eigenvalue weighted by Crippen LogP contribution is 2.20. The van der Waals surface area contributed by atoms with Crippen LogP contribution < -0.4 is 0 Å². The first-order valence-electron chi connectivity index (χ1n) is 8.21. The van der Waals surface area contributed by atoms with Crippen LogP contribution in [0.15, 0.2) is 34.1 Å². The summed E-state index contributed by atoms with van der Waals surface area (Å²) in [6.07, 6.45) is 0.711. The number of hydrogen-bond acceptors (Lipinski definition) is 6. The van der Waals surface area contributed by atoms with E-state index in [4.69, 9.17) is 9.47 Å². The zero-order valence-corrected chi connectivity index (χ0v) is 17.1. The van der Waals surface area contributed by atoms with Gasteiger partial charge in [-0.3, -0.25) is 4.79 Å². The predicted molar refractivity (Wildman–Crippen MR) is 103 cm³/mol. The molecule has 0 aliphatic heterocycles. The molecule has 0 aliphatic carbocycles. The highest BCUT2D eigenvalue weighted by molar-refractivity contribution is 9.10. The van der Waals surface area contributed by atoms with Gasteiger partial charge in [-0.15, -0.1) is 11.3 Å². The van der Waals surface area contributed by atoms with Gasteiger partial charge in [0.2, 0.25) is 0 Å². The van der Waals surface area contributed by atoms with Crippen molar-refractivity contribution in [1.82, 2.24) is 9.88 Å². The molecule has 6 nitrogen and oxygen atoms in total. The normalized spacial score (nSPS) is 10.6. The van der Waals surface area contributed by atoms with Crippen molar-refractivity contribution in [2.24, 2.45) is 0 Å². The lowest BCUT2D eigenvalue weighted by molar-refractivity contribution is 0.0520. The highest BCUT2D eigenvalue weighted by Gasteiger charge is 2.20. The van der Waals surface area contributed by atoms with Crippen LogP contribution in [0.3, 0.4) is 0 Å². The van der Waals surface area contributed by atoms with Gasteiger partial charge in [-0.05, 0) is 41.4 Å². The summed E-state index contributed by atoms with van der Waals surface area (Å²) in [5, 5.41) is 2.34. The van der Waals surface area contributed by atoms with Gasteiger partial charge in [0.15, 0.2) is 5.69 Å². The van der Waals surface area contributed by atoms with Gasteiger partial charge in [0.25, 0.3) is 5.91 Å². The SMILES string of the molecule is CCOC(=O)c1csc(CN(CCCOC)C(=O)c2ccccc2Br)n1. The van der Waals surface area contributed by atoms with Gasteiger partial charge in [0.1, 0.15) is 5.01 Å². The minimum atomic E-state index is -0.446. The number of carbonyl (C=O) groups excluding carboxylic acids is 2. The summed E-state index contributed by atoms with van der Waals surface area (Å²) in [6, 6.07) is 7.31. The minimum Gasteiger partial charge on any atom is -0.461 e. The molecule has 0 bridgehead atoms. The van der Waals surface area contributed by atoms with Crippen LogP contribution >= 0.6 is 27.3 Å². The number of aromatic nitrogens is 1. The van der Waals surface area contributed by atoms with Gasteiger partial charge in [-0.2, -0.15) is 0 Å². The van der Waals surface area contributed by atoms with Crippen molar-refractivity contribution in [3.8, 4) is 0 Å². The Morgan fingerprint density at radius 1 is 1.31 bits per heavy atom. The third-order valence-electron chi connectivity index (χ3n) is 3.53. The molecule has 0 unspecified atom stereocenters. The number of hydrogen-bond donors (Lipinski definition) is 0. The molecule has 0 spiro atoms. The van der Waals surface area contributed by atoms with Crippen LogP contribution in [0.4, 0.5) is 0 Å². The van der Waals surface area contributed by atoms with Gasteiger partial charge >= 0.3 is 5.97 Å². The molecule has 0 radical (unpaired) electrons. The number of carbonyl (C=O) groups is 2. The van der Waals surface area contributed by atoms with Crippen molar-refractivity contribution in [2.45, 2.75) is 19.9 Å². The zero-order valence-electron chi connectivity index (χ0n) is 14.7. The molecule has 2 rings (SSSR count). The minimum absolute atomic E-state index is 0.0959. The maximum Gasteiger partial charge on any atom is 0.357 e. The van der Waals surface area contributed by atoms with Crippen LogP contribution in [0.5, 0.6) is 0 Å². The average Bonchev–Trinajstić information content (AvgIpc) is 3.10. The van der Waals surface area contributed by atoms with Crippen molar-refractivity contribution in [1.29, 1.82) is 0 Å². The summed E-state index contributed by atoms with van der Waals surface area (Å²) in [7, 11) is 1.63. The fourth-order valence-electron chi connectivity index (χ4n) is 2.30. The molecule has 26 heavy (non-hydrogen) atoms. The molecule has 1 amide bonds. The number of ether oxygens (including phenoxy) is 2. The first kappa shape index (κ1) is 20.5. The summed E-state index contributed by atoms with van der Waals surface area (Å²) in [4.78, 5) is 30.7. The van der Waals surface area contributed by atoms with Gasteiger partial charge < -0.3 is 14.4 Å². The molecule has 0 N–H and O–H groups in total. The van der Waals surface area contributed by atoms with Gasteiger partial charge in [0.05, 0.1) is 18.7 Å². The number of esters is 1. The summed E-state index contributed by atoms with van der Waals surface area (Å²) in [5.41, 5.74) is 0.865. The van der Waals surface area contributed by atoms with Crippen LogP contribution in [-0.2, 0) is 16.0 Å². The van der Waals surface area contributed by atoms with Gasteiger partial charge in [0, 0.05) is 30.1 Å². The molecular weight excluding hydrogens is 420 g/mol. The Hall–Kier alpha value is -1.77. The lowest BCUT2D eigenvalue weighted by Crippen LogP contribution is -2.32. The third kappa shape index (κ3) is 5.62. The number of nitrogens with zero attached hydrogens (tertiary/aromatic N) is 2. The molecular formula is C18H21BrN2O4S. The molecule has 0 saturated heterocycles. The molecule has 1 aromatic carbocycles. The first-order valence-corrected chi connectivity index (χ1v) is 9.88. The van der Waals surface area contributed by atoms with Crippen molar-refractivity contribution in [2.75, 3.05) is 26.9 Å². The number of rotatable bonds is 9. The summed E-state index contributed by atoms with van der Waals surface area (Å²) < 4.78 is 10.8. The second kappa shape index (κ2) is 10.4. The third-order valence-corrected chi connectivity index (χ3v) is 5.06. The van der Waals surface area contributed by atoms with E-state index in [-0.39, 0.29) is 11.6 Å². The van der Waals surface area contributed by atoms with E-state index in [1.807, 2.05) is 18.2 Å². The van der Waals surface area contributed by atoms with E-state index in [9.17, 15) is 9.59 Å². The van der Waals surface area contributed by atoms with E-state index >= 15 is 0 Å². The van der Waals surface area contributed by atoms with Crippen LogP contribution in [0.1, 0.15) is 39.2 Å². The van der Waals surface area contributed by atoms with Crippen LogP contribution in [-0.4, -0.2) is 48.6 Å². The number of amides is 1. The Balaban J connectivity index is 2.15. The monoisotopic (exact) mass is 440 g/mol. The predicted octanol–water partition coefficient (Wildman–Crippen LogP) is 3.76. The molecule has 140 valence electrons. The topological polar surface area (TPSA) is 68.7 Å². The van der Waals surface area contributed by atoms with Crippen molar-refractivity contribution >= 4 is 39.1 Å². The van der Waals surface area contributed by atoms with Gasteiger partial charge in [-0.25, -0.2) is 9.78 Å². The van der Waals surface area contributed by atoms with Crippen molar-refractivity contribution in [3.63, 3.8) is 0 Å². The largest absolute Gasteiger partial charge is 0.461 e. The Morgan fingerprint density at radius 2 is 2.08 bits per heavy atom. The average molecular weight is 441 g/mol. The molecule has 0 atom stereocenters. The Labute approximate surface area is 165 Å². The maximum atomic E-state index is 12.9. The van der Waals surface area contributed by atoms with E-state index in [1.54, 1.807) is 30.4 Å². The number of halogens is 1. The summed E-state index contributed by atoms with van der Waals surface area (Å²) >= 11 is 4.77. The van der Waals surface area contributed by atoms with Crippen LogP contribution in [0, 0.1) is 0 Å². The molecule has 0 aliphatic rings. The molecule has 2 aromatic rings. The lowest BCUT2D eigenvalue weighted by Gasteiger charge is -2.22. The molecule has 1 aromatic heterocycles. The van der Waals surface area contributed by atoms with E-state index in [2.05, 4.69) is 20.9 Å². The Morgan fingerprint density at radius 3 is 2.77 bits per heavy atom. The highest BCUT2D eigenvalue weighted by atomic mass is 79.9. The fraction of sp³-hybridized carbons (Fsp3) is 0.389. The smallest absolute Gasteiger partial charge is 0.357 e. The van der Waals surface area contributed by atoms with Crippen molar-refractivity contribution in [3.05, 3.63) is 50.4 Å². The van der Waals surface area contributed by atoms with Crippen molar-refractivity contribution < 1.29 is 19.1 Å². The second-order valence-electron chi connectivity index (χ2n) is 5.40. The maximum absolute atomic E-state index is 12.9. The fourth-order valence-corrected chi connectivity index (χ4v) is 3.54. The van der Waals surface area contributed by atoms with E-state index in [0.717, 1.165) is 4.47 Å². The number of thiazole rings is 1. The zero-order chi connectivity index (χ0) is 18.9. The standard InChI is InChI=1S/C18H21BrN2O4S/c1-3-25-18(23)15-12-26-16(20-15)11-21(9-6-10-24-2)17(22)13-7-4-5-8-14(13)19/h4-5,7-8,12H,3,6,9-11H2,1-2H3.